The molecule has 25 heavy (non-hydrogen) atoms. The van der Waals surface area contributed by atoms with Gasteiger partial charge in [0.15, 0.2) is 0 Å². The number of rotatable bonds is 4. The summed E-state index contributed by atoms with van der Waals surface area (Å²) in [5.74, 6) is 1.66. The first-order chi connectivity index (χ1) is 12.3. The van der Waals surface area contributed by atoms with E-state index < -0.39 is 0 Å². The van der Waals surface area contributed by atoms with E-state index in [2.05, 4.69) is 45.4 Å². The van der Waals surface area contributed by atoms with Crippen LogP contribution in [0, 0.1) is 6.92 Å². The van der Waals surface area contributed by atoms with Gasteiger partial charge in [0, 0.05) is 49.1 Å². The van der Waals surface area contributed by atoms with Gasteiger partial charge in [-0.25, -0.2) is 4.98 Å². The maximum absolute atomic E-state index is 5.56. The summed E-state index contributed by atoms with van der Waals surface area (Å²) in [5, 5.41) is 1.46. The van der Waals surface area contributed by atoms with E-state index in [4.69, 9.17) is 4.74 Å². The van der Waals surface area contributed by atoms with E-state index in [1.807, 2.05) is 6.20 Å². The number of aryl methyl sites for hydroxylation is 4. The summed E-state index contributed by atoms with van der Waals surface area (Å²) in [5.41, 5.74) is 5.97. The third kappa shape index (κ3) is 2.43. The molecule has 1 atom stereocenters. The summed E-state index contributed by atoms with van der Waals surface area (Å²) in [4.78, 5) is 4.62. The summed E-state index contributed by atoms with van der Waals surface area (Å²) < 4.78 is 10.4. The molecule has 4 nitrogen and oxygen atoms in total. The van der Waals surface area contributed by atoms with Crippen LogP contribution in [0.5, 0.6) is 0 Å². The van der Waals surface area contributed by atoms with E-state index in [-0.39, 0.29) is 0 Å². The molecule has 3 aromatic rings. The molecule has 0 aliphatic carbocycles. The molecule has 0 saturated carbocycles. The fraction of sp³-hybridized carbons (Fsp3) is 0.476. The Morgan fingerprint density at radius 1 is 1.32 bits per heavy atom. The number of para-hydroxylation sites is 1. The number of hydrogen-bond donors (Lipinski definition) is 0. The zero-order valence-electron chi connectivity index (χ0n) is 14.9. The minimum absolute atomic E-state index is 0.464. The van der Waals surface area contributed by atoms with Crippen molar-refractivity contribution in [1.29, 1.82) is 0 Å². The fourth-order valence-electron chi connectivity index (χ4n) is 4.74. The highest BCUT2D eigenvalue weighted by Crippen LogP contribution is 2.33. The molecular weight excluding hydrogens is 310 g/mol. The lowest BCUT2D eigenvalue weighted by Gasteiger charge is -2.16. The van der Waals surface area contributed by atoms with Crippen molar-refractivity contribution < 1.29 is 4.74 Å². The second kappa shape index (κ2) is 6.03. The van der Waals surface area contributed by atoms with E-state index in [1.165, 1.54) is 46.4 Å². The molecule has 4 heteroatoms. The van der Waals surface area contributed by atoms with E-state index in [1.54, 1.807) is 0 Å². The minimum Gasteiger partial charge on any atom is -0.381 e. The van der Waals surface area contributed by atoms with E-state index in [9.17, 15) is 0 Å². The normalized spacial score (nSPS) is 19.8. The number of imidazole rings is 1. The molecule has 0 spiro atoms. The monoisotopic (exact) mass is 335 g/mol. The van der Waals surface area contributed by atoms with Gasteiger partial charge in [0.2, 0.25) is 0 Å². The van der Waals surface area contributed by atoms with Gasteiger partial charge in [-0.15, -0.1) is 0 Å². The molecular formula is C21H25N3O. The Balaban J connectivity index is 1.47. The highest BCUT2D eigenvalue weighted by Gasteiger charge is 2.23. The first-order valence-corrected chi connectivity index (χ1v) is 9.51. The fourth-order valence-corrected chi connectivity index (χ4v) is 4.74. The van der Waals surface area contributed by atoms with Gasteiger partial charge in [-0.2, -0.15) is 0 Å². The summed E-state index contributed by atoms with van der Waals surface area (Å²) in [7, 11) is 0. The standard InChI is InChI=1S/C21H25N3O/c1-15-18(19-6-2-4-16-5-3-10-24(15)20(16)19)7-11-23-12-9-22-21(23)17-8-13-25-14-17/h2,4,6,9,12,17H,3,5,7-8,10-11,13-14H2,1H3. The van der Waals surface area contributed by atoms with Crippen LogP contribution in [0.25, 0.3) is 10.9 Å². The van der Waals surface area contributed by atoms with Crippen LogP contribution in [0.15, 0.2) is 30.6 Å². The summed E-state index contributed by atoms with van der Waals surface area (Å²) >= 11 is 0. The number of nitrogens with zero attached hydrogens (tertiary/aromatic N) is 3. The minimum atomic E-state index is 0.464. The topological polar surface area (TPSA) is 32.0 Å². The van der Waals surface area contributed by atoms with Gasteiger partial charge in [0.1, 0.15) is 5.82 Å². The highest BCUT2D eigenvalue weighted by atomic mass is 16.5. The number of aromatic nitrogens is 3. The van der Waals surface area contributed by atoms with Crippen molar-refractivity contribution in [2.24, 2.45) is 0 Å². The van der Waals surface area contributed by atoms with Crippen LogP contribution in [0.4, 0.5) is 0 Å². The van der Waals surface area contributed by atoms with Gasteiger partial charge in [0.25, 0.3) is 0 Å². The number of hydrogen-bond acceptors (Lipinski definition) is 2. The molecule has 1 fully saturated rings. The van der Waals surface area contributed by atoms with Crippen LogP contribution in [-0.4, -0.2) is 27.3 Å². The predicted molar refractivity (Wildman–Crippen MR) is 99.1 cm³/mol. The first-order valence-electron chi connectivity index (χ1n) is 9.51. The second-order valence-corrected chi connectivity index (χ2v) is 7.42. The molecule has 0 amide bonds. The van der Waals surface area contributed by atoms with E-state index in [0.717, 1.165) is 39.1 Å². The van der Waals surface area contributed by atoms with Crippen LogP contribution < -0.4 is 0 Å². The van der Waals surface area contributed by atoms with Gasteiger partial charge < -0.3 is 13.9 Å². The first kappa shape index (κ1) is 15.2. The Morgan fingerprint density at radius 2 is 2.28 bits per heavy atom. The largest absolute Gasteiger partial charge is 0.381 e. The molecule has 1 saturated heterocycles. The summed E-state index contributed by atoms with van der Waals surface area (Å²) in [6.07, 6.45) is 8.71. The van der Waals surface area contributed by atoms with Crippen LogP contribution in [0.1, 0.15) is 41.4 Å². The van der Waals surface area contributed by atoms with Gasteiger partial charge in [-0.3, -0.25) is 0 Å². The molecule has 2 aliphatic rings. The van der Waals surface area contributed by atoms with Crippen molar-refractivity contribution in [2.75, 3.05) is 13.2 Å². The van der Waals surface area contributed by atoms with Crippen molar-refractivity contribution in [3.8, 4) is 0 Å². The van der Waals surface area contributed by atoms with Gasteiger partial charge in [0.05, 0.1) is 12.1 Å². The molecule has 5 rings (SSSR count). The molecule has 0 bridgehead atoms. The van der Waals surface area contributed by atoms with Crippen molar-refractivity contribution in [3.63, 3.8) is 0 Å². The van der Waals surface area contributed by atoms with Crippen molar-refractivity contribution in [1.82, 2.24) is 14.1 Å². The van der Waals surface area contributed by atoms with Crippen LogP contribution in [0.3, 0.4) is 0 Å². The average Bonchev–Trinajstić information content (AvgIpc) is 3.36. The number of benzene rings is 1. The second-order valence-electron chi connectivity index (χ2n) is 7.42. The maximum Gasteiger partial charge on any atom is 0.114 e. The Hall–Kier alpha value is -2.07. The smallest absolute Gasteiger partial charge is 0.114 e. The molecule has 1 unspecified atom stereocenters. The Labute approximate surface area is 148 Å². The van der Waals surface area contributed by atoms with Gasteiger partial charge in [-0.1, -0.05) is 18.2 Å². The lowest BCUT2D eigenvalue weighted by molar-refractivity contribution is 0.192. The van der Waals surface area contributed by atoms with Gasteiger partial charge >= 0.3 is 0 Å². The zero-order chi connectivity index (χ0) is 16.8. The molecule has 4 heterocycles. The molecule has 130 valence electrons. The predicted octanol–water partition coefficient (Wildman–Crippen LogP) is 3.84. The Bertz CT molecular complexity index is 915. The van der Waals surface area contributed by atoms with Crippen molar-refractivity contribution in [2.45, 2.75) is 51.6 Å². The maximum atomic E-state index is 5.56. The molecule has 0 radical (unpaired) electrons. The van der Waals surface area contributed by atoms with Crippen LogP contribution in [0.2, 0.25) is 0 Å². The SMILES string of the molecule is Cc1c(CCn2ccnc2C2CCOC2)c2cccc3c2n1CCC3. The van der Waals surface area contributed by atoms with Crippen LogP contribution in [-0.2, 0) is 30.7 Å². The molecule has 2 aliphatic heterocycles. The van der Waals surface area contributed by atoms with Gasteiger partial charge in [-0.05, 0) is 43.7 Å². The Morgan fingerprint density at radius 3 is 3.16 bits per heavy atom. The lowest BCUT2D eigenvalue weighted by atomic mass is 10.0. The molecule has 1 aromatic carbocycles. The number of ether oxygens (including phenoxy) is 1. The lowest BCUT2D eigenvalue weighted by Crippen LogP contribution is -2.11. The van der Waals surface area contributed by atoms with Crippen molar-refractivity contribution in [3.05, 3.63) is 53.2 Å². The Kier molecular flexibility index (Phi) is 3.66. The zero-order valence-corrected chi connectivity index (χ0v) is 14.9. The van der Waals surface area contributed by atoms with E-state index in [0.29, 0.717) is 5.92 Å². The molecule has 2 aromatic heterocycles. The summed E-state index contributed by atoms with van der Waals surface area (Å²) in [6, 6.07) is 6.84. The summed E-state index contributed by atoms with van der Waals surface area (Å²) in [6.45, 7) is 6.14. The van der Waals surface area contributed by atoms with E-state index >= 15 is 0 Å². The quantitative estimate of drug-likeness (QED) is 0.725. The third-order valence-electron chi connectivity index (χ3n) is 6.03. The third-order valence-corrected chi connectivity index (χ3v) is 6.03. The van der Waals surface area contributed by atoms with Crippen molar-refractivity contribution >= 4 is 10.9 Å². The van der Waals surface area contributed by atoms with Crippen LogP contribution >= 0.6 is 0 Å². The highest BCUT2D eigenvalue weighted by molar-refractivity contribution is 5.88. The molecule has 0 N–H and O–H groups in total. The average molecular weight is 335 g/mol.